The van der Waals surface area contributed by atoms with Gasteiger partial charge in [-0.15, -0.1) is 0 Å². The van der Waals surface area contributed by atoms with E-state index in [1.165, 1.54) is 0 Å². The summed E-state index contributed by atoms with van der Waals surface area (Å²) in [4.78, 5) is 15.0. The zero-order valence-electron chi connectivity index (χ0n) is 8.53. The molecule has 3 nitrogen and oxygen atoms in total. The Morgan fingerprint density at radius 1 is 1.50 bits per heavy atom. The van der Waals surface area contributed by atoms with Gasteiger partial charge in [0.25, 0.3) is 0 Å². The predicted octanol–water partition coefficient (Wildman–Crippen LogP) is 2.51. The molecule has 1 aromatic heterocycles. The molecule has 1 heterocycles. The summed E-state index contributed by atoms with van der Waals surface area (Å²) in [5.41, 5.74) is 2.73. The van der Waals surface area contributed by atoms with Gasteiger partial charge in [0.2, 0.25) is 0 Å². The molecule has 14 heavy (non-hydrogen) atoms. The van der Waals surface area contributed by atoms with E-state index in [1.807, 2.05) is 19.9 Å². The van der Waals surface area contributed by atoms with Gasteiger partial charge in [-0.2, -0.15) is 0 Å². The zero-order valence-corrected chi connectivity index (χ0v) is 8.53. The summed E-state index contributed by atoms with van der Waals surface area (Å²) in [7, 11) is 0. The fraction of sp³-hybridized carbons (Fsp3) is 0.273. The van der Waals surface area contributed by atoms with Crippen LogP contribution in [0.2, 0.25) is 0 Å². The summed E-state index contributed by atoms with van der Waals surface area (Å²) in [6.07, 6.45) is 3.40. The Bertz CT molecular complexity index is 390. The first-order valence-electron chi connectivity index (χ1n) is 4.35. The second-order valence-corrected chi connectivity index (χ2v) is 3.44. The number of pyridine rings is 1. The lowest BCUT2D eigenvalue weighted by Gasteiger charge is -2.02. The summed E-state index contributed by atoms with van der Waals surface area (Å²) in [5.74, 6) is -0.914. The van der Waals surface area contributed by atoms with Gasteiger partial charge in [0.05, 0.1) is 5.56 Å². The van der Waals surface area contributed by atoms with Crippen LogP contribution in [0.3, 0.4) is 0 Å². The van der Waals surface area contributed by atoms with Crippen molar-refractivity contribution in [2.45, 2.75) is 20.8 Å². The maximum absolute atomic E-state index is 10.9. The van der Waals surface area contributed by atoms with Crippen molar-refractivity contribution in [1.82, 2.24) is 4.98 Å². The minimum atomic E-state index is -0.914. The Labute approximate surface area is 83.1 Å². The molecule has 1 N–H and O–H groups in total. The lowest BCUT2D eigenvalue weighted by molar-refractivity contribution is 0.0696. The highest BCUT2D eigenvalue weighted by Gasteiger charge is 2.08. The SMILES string of the molecule is CC(C)=Cc1cnc(C)cc1C(=O)O. The van der Waals surface area contributed by atoms with Crippen LogP contribution >= 0.6 is 0 Å². The summed E-state index contributed by atoms with van der Waals surface area (Å²) in [6, 6.07) is 1.58. The summed E-state index contributed by atoms with van der Waals surface area (Å²) in [6.45, 7) is 5.62. The molecule has 0 spiro atoms. The van der Waals surface area contributed by atoms with E-state index in [9.17, 15) is 4.79 Å². The highest BCUT2D eigenvalue weighted by atomic mass is 16.4. The molecule has 0 amide bonds. The molecule has 0 unspecified atom stereocenters. The second-order valence-electron chi connectivity index (χ2n) is 3.44. The van der Waals surface area contributed by atoms with Crippen LogP contribution in [0.1, 0.15) is 35.5 Å². The summed E-state index contributed by atoms with van der Waals surface area (Å²) in [5, 5.41) is 8.95. The van der Waals surface area contributed by atoms with Gasteiger partial charge in [-0.3, -0.25) is 4.98 Å². The van der Waals surface area contributed by atoms with Gasteiger partial charge in [-0.05, 0) is 26.8 Å². The number of carboxylic acids is 1. The normalized spacial score (nSPS) is 9.64. The standard InChI is InChI=1S/C11H13NO2/c1-7(2)4-9-6-12-8(3)5-10(9)11(13)14/h4-6H,1-3H3,(H,13,14). The molecule has 0 fully saturated rings. The van der Waals surface area contributed by atoms with Crippen LogP contribution in [-0.4, -0.2) is 16.1 Å². The topological polar surface area (TPSA) is 50.2 Å². The third kappa shape index (κ3) is 2.42. The minimum absolute atomic E-state index is 0.304. The third-order valence-corrected chi connectivity index (χ3v) is 1.75. The number of carboxylic acid groups (broad SMARTS) is 1. The first kappa shape index (κ1) is 10.4. The number of aryl methyl sites for hydroxylation is 1. The highest BCUT2D eigenvalue weighted by Crippen LogP contribution is 2.13. The minimum Gasteiger partial charge on any atom is -0.478 e. The van der Waals surface area contributed by atoms with E-state index in [-0.39, 0.29) is 0 Å². The van der Waals surface area contributed by atoms with Gasteiger partial charge in [0.1, 0.15) is 0 Å². The van der Waals surface area contributed by atoms with Crippen LogP contribution < -0.4 is 0 Å². The average Bonchev–Trinajstić information content (AvgIpc) is 2.07. The fourth-order valence-corrected chi connectivity index (χ4v) is 1.18. The third-order valence-electron chi connectivity index (χ3n) is 1.75. The van der Waals surface area contributed by atoms with Crippen LogP contribution in [0.25, 0.3) is 6.08 Å². The highest BCUT2D eigenvalue weighted by molar-refractivity contribution is 5.92. The number of allylic oxidation sites excluding steroid dienone is 1. The number of aromatic nitrogens is 1. The van der Waals surface area contributed by atoms with Crippen molar-refractivity contribution in [2.24, 2.45) is 0 Å². The zero-order chi connectivity index (χ0) is 10.7. The average molecular weight is 191 g/mol. The number of aromatic carboxylic acids is 1. The van der Waals surface area contributed by atoms with Crippen LogP contribution in [0.4, 0.5) is 0 Å². The fourth-order valence-electron chi connectivity index (χ4n) is 1.18. The Morgan fingerprint density at radius 3 is 2.64 bits per heavy atom. The van der Waals surface area contributed by atoms with Crippen LogP contribution in [0, 0.1) is 6.92 Å². The molecule has 3 heteroatoms. The van der Waals surface area contributed by atoms with E-state index in [2.05, 4.69) is 4.98 Å². The predicted molar refractivity (Wildman–Crippen MR) is 55.3 cm³/mol. The van der Waals surface area contributed by atoms with Gasteiger partial charge in [0.15, 0.2) is 0 Å². The van der Waals surface area contributed by atoms with Gasteiger partial charge in [-0.25, -0.2) is 4.79 Å². The smallest absolute Gasteiger partial charge is 0.336 e. The largest absolute Gasteiger partial charge is 0.478 e. The van der Waals surface area contributed by atoms with E-state index in [1.54, 1.807) is 19.2 Å². The second kappa shape index (κ2) is 4.05. The van der Waals surface area contributed by atoms with Crippen molar-refractivity contribution in [2.75, 3.05) is 0 Å². The van der Waals surface area contributed by atoms with Crippen molar-refractivity contribution < 1.29 is 9.90 Å². The number of hydrogen-bond acceptors (Lipinski definition) is 2. The molecular formula is C11H13NO2. The maximum Gasteiger partial charge on any atom is 0.336 e. The Balaban J connectivity index is 3.29. The van der Waals surface area contributed by atoms with Crippen molar-refractivity contribution in [1.29, 1.82) is 0 Å². The lowest BCUT2D eigenvalue weighted by Crippen LogP contribution is -2.01. The molecule has 0 aliphatic heterocycles. The number of nitrogens with zero attached hydrogens (tertiary/aromatic N) is 1. The summed E-state index contributed by atoms with van der Waals surface area (Å²) >= 11 is 0. The first-order chi connectivity index (χ1) is 6.50. The molecule has 0 saturated carbocycles. The van der Waals surface area contributed by atoms with E-state index in [4.69, 9.17) is 5.11 Å². The van der Waals surface area contributed by atoms with Crippen molar-refractivity contribution in [3.8, 4) is 0 Å². The number of carbonyl (C=O) groups is 1. The Morgan fingerprint density at radius 2 is 2.14 bits per heavy atom. The molecule has 0 aliphatic carbocycles. The quantitative estimate of drug-likeness (QED) is 0.781. The number of hydrogen-bond donors (Lipinski definition) is 1. The van der Waals surface area contributed by atoms with Crippen LogP contribution in [0.5, 0.6) is 0 Å². The molecule has 74 valence electrons. The molecule has 0 saturated heterocycles. The lowest BCUT2D eigenvalue weighted by atomic mass is 10.1. The van der Waals surface area contributed by atoms with E-state index in [0.717, 1.165) is 5.57 Å². The molecule has 0 radical (unpaired) electrons. The van der Waals surface area contributed by atoms with Gasteiger partial charge >= 0.3 is 5.97 Å². The van der Waals surface area contributed by atoms with E-state index < -0.39 is 5.97 Å². The van der Waals surface area contributed by atoms with Crippen molar-refractivity contribution >= 4 is 12.0 Å². The molecule has 0 aliphatic rings. The van der Waals surface area contributed by atoms with Crippen molar-refractivity contribution in [3.05, 3.63) is 34.7 Å². The molecule has 0 atom stereocenters. The molecule has 1 rings (SSSR count). The van der Waals surface area contributed by atoms with Gasteiger partial charge in [0, 0.05) is 17.5 Å². The molecular weight excluding hydrogens is 178 g/mol. The molecule has 0 aromatic carbocycles. The van der Waals surface area contributed by atoms with E-state index >= 15 is 0 Å². The van der Waals surface area contributed by atoms with Crippen LogP contribution in [-0.2, 0) is 0 Å². The maximum atomic E-state index is 10.9. The Hall–Kier alpha value is -1.64. The van der Waals surface area contributed by atoms with E-state index in [0.29, 0.717) is 16.8 Å². The number of rotatable bonds is 2. The van der Waals surface area contributed by atoms with Gasteiger partial charge in [-0.1, -0.05) is 11.6 Å². The molecule has 1 aromatic rings. The van der Waals surface area contributed by atoms with Gasteiger partial charge < -0.3 is 5.11 Å². The monoisotopic (exact) mass is 191 g/mol. The Kier molecular flexibility index (Phi) is 3.02. The molecule has 0 bridgehead atoms. The first-order valence-corrected chi connectivity index (χ1v) is 4.35. The van der Waals surface area contributed by atoms with Crippen LogP contribution in [0.15, 0.2) is 17.8 Å². The summed E-state index contributed by atoms with van der Waals surface area (Å²) < 4.78 is 0. The van der Waals surface area contributed by atoms with Crippen molar-refractivity contribution in [3.63, 3.8) is 0 Å².